The lowest BCUT2D eigenvalue weighted by Crippen LogP contribution is -2.36. The highest BCUT2D eigenvalue weighted by Crippen LogP contribution is 2.18. The number of hydrogen-bond acceptors (Lipinski definition) is 4. The van der Waals surface area contributed by atoms with E-state index in [2.05, 4.69) is 41.9 Å². The average molecular weight is 456 g/mol. The molecule has 0 radical (unpaired) electrons. The molecule has 0 aliphatic carbocycles. The lowest BCUT2D eigenvalue weighted by molar-refractivity contribution is -0.120. The van der Waals surface area contributed by atoms with Gasteiger partial charge in [0.05, 0.1) is 5.92 Å². The third-order valence-electron chi connectivity index (χ3n) is 4.95. The Morgan fingerprint density at radius 3 is 2.44 bits per heavy atom. The zero-order chi connectivity index (χ0) is 23.5. The summed E-state index contributed by atoms with van der Waals surface area (Å²) in [6.45, 7) is 7.35. The lowest BCUT2D eigenvalue weighted by Gasteiger charge is -2.15. The fourth-order valence-corrected chi connectivity index (χ4v) is 3.42. The first-order chi connectivity index (χ1) is 15.3. The Morgan fingerprint density at radius 2 is 1.78 bits per heavy atom. The second kappa shape index (κ2) is 12.9. The first-order valence-electron chi connectivity index (χ1n) is 10.9. The Hall–Kier alpha value is -2.77. The van der Waals surface area contributed by atoms with Crippen molar-refractivity contribution in [3.63, 3.8) is 0 Å². The Bertz CT molecular complexity index is 913. The quantitative estimate of drug-likeness (QED) is 0.368. The number of rotatable bonds is 10. The Balaban J connectivity index is 1.90. The summed E-state index contributed by atoms with van der Waals surface area (Å²) < 4.78 is 4.98. The molecular formula is C25H33N3O3S. The zero-order valence-electron chi connectivity index (χ0n) is 19.2. The summed E-state index contributed by atoms with van der Waals surface area (Å²) in [6.07, 6.45) is 1.76. The molecule has 6 nitrogen and oxygen atoms in total. The van der Waals surface area contributed by atoms with Gasteiger partial charge in [-0.15, -0.1) is 0 Å². The summed E-state index contributed by atoms with van der Waals surface area (Å²) in [6, 6.07) is 15.1. The highest BCUT2D eigenvalue weighted by atomic mass is 32.1. The lowest BCUT2D eigenvalue weighted by atomic mass is 9.96. The van der Waals surface area contributed by atoms with Gasteiger partial charge < -0.3 is 20.7 Å². The molecule has 2 aromatic carbocycles. The van der Waals surface area contributed by atoms with Gasteiger partial charge in [-0.25, -0.2) is 0 Å². The van der Waals surface area contributed by atoms with E-state index in [0.29, 0.717) is 30.3 Å². The minimum Gasteiger partial charge on any atom is -0.385 e. The molecule has 2 aromatic rings. The van der Waals surface area contributed by atoms with E-state index in [1.165, 1.54) is 5.56 Å². The molecule has 0 aliphatic heterocycles. The van der Waals surface area contributed by atoms with E-state index in [1.54, 1.807) is 31.4 Å². The number of carbonyl (C=O) groups is 2. The fraction of sp³-hybridized carbons (Fsp3) is 0.400. The molecule has 7 heteroatoms. The van der Waals surface area contributed by atoms with Gasteiger partial charge in [-0.05, 0) is 67.2 Å². The van der Waals surface area contributed by atoms with Crippen molar-refractivity contribution in [2.45, 2.75) is 39.5 Å². The minimum absolute atomic E-state index is 0.172. The minimum atomic E-state index is -0.341. The molecule has 3 N–H and O–H groups in total. The molecule has 2 rings (SSSR count). The van der Waals surface area contributed by atoms with Crippen LogP contribution in [0.5, 0.6) is 0 Å². The largest absolute Gasteiger partial charge is 0.385 e. The van der Waals surface area contributed by atoms with Gasteiger partial charge in [-0.2, -0.15) is 0 Å². The van der Waals surface area contributed by atoms with Crippen LogP contribution in [0.4, 0.5) is 5.69 Å². The van der Waals surface area contributed by atoms with Crippen LogP contribution >= 0.6 is 12.2 Å². The number of anilines is 1. The third kappa shape index (κ3) is 8.40. The predicted octanol–water partition coefficient (Wildman–Crippen LogP) is 4.27. The van der Waals surface area contributed by atoms with Crippen LogP contribution in [0.2, 0.25) is 0 Å². The fourth-order valence-electron chi connectivity index (χ4n) is 3.21. The molecule has 32 heavy (non-hydrogen) atoms. The Kier molecular flexibility index (Phi) is 10.3. The molecule has 0 bridgehead atoms. The zero-order valence-corrected chi connectivity index (χ0v) is 20.1. The van der Waals surface area contributed by atoms with Gasteiger partial charge in [0.1, 0.15) is 0 Å². The van der Waals surface area contributed by atoms with Crippen LogP contribution in [0.1, 0.15) is 54.6 Å². The van der Waals surface area contributed by atoms with E-state index in [9.17, 15) is 9.59 Å². The van der Waals surface area contributed by atoms with Crippen LogP contribution in [0.25, 0.3) is 0 Å². The van der Waals surface area contributed by atoms with E-state index in [0.717, 1.165) is 18.4 Å². The van der Waals surface area contributed by atoms with Crippen LogP contribution in [0.3, 0.4) is 0 Å². The number of benzene rings is 2. The van der Waals surface area contributed by atoms with Crippen LogP contribution in [-0.4, -0.2) is 37.2 Å². The molecule has 1 unspecified atom stereocenters. The topological polar surface area (TPSA) is 79.5 Å². The number of nitrogens with one attached hydrogen (secondary N) is 3. The summed E-state index contributed by atoms with van der Waals surface area (Å²) in [7, 11) is 1.63. The summed E-state index contributed by atoms with van der Waals surface area (Å²) in [5.74, 6) is -0.113. The summed E-state index contributed by atoms with van der Waals surface area (Å²) in [5.41, 5.74) is 3.34. The maximum absolute atomic E-state index is 12.6. The van der Waals surface area contributed by atoms with E-state index in [4.69, 9.17) is 17.0 Å². The first-order valence-corrected chi connectivity index (χ1v) is 11.3. The van der Waals surface area contributed by atoms with Crippen LogP contribution in [0.15, 0.2) is 48.5 Å². The molecule has 0 spiro atoms. The molecule has 0 fully saturated rings. The van der Waals surface area contributed by atoms with Crippen molar-refractivity contribution in [3.8, 4) is 0 Å². The standard InChI is InChI=1S/C25H33N3O3S/c1-17(2)15-19-9-11-20(12-10-19)18(3)23(29)28-25(32)27-22-8-5-7-21(16-22)24(30)26-13-6-14-31-4/h5,7-12,16-18H,6,13-15H2,1-4H3,(H,26,30)(H2,27,28,29,32). The maximum atomic E-state index is 12.6. The molecule has 0 saturated carbocycles. The van der Waals surface area contributed by atoms with Gasteiger partial charge in [-0.1, -0.05) is 44.2 Å². The van der Waals surface area contributed by atoms with Crippen LogP contribution < -0.4 is 16.0 Å². The SMILES string of the molecule is COCCCNC(=O)c1cccc(NC(=S)NC(=O)C(C)c2ccc(CC(C)C)cc2)c1. The first kappa shape index (κ1) is 25.5. The number of hydrogen-bond donors (Lipinski definition) is 3. The average Bonchev–Trinajstić information content (AvgIpc) is 2.76. The second-order valence-corrected chi connectivity index (χ2v) is 8.60. The van der Waals surface area contributed by atoms with E-state index >= 15 is 0 Å². The molecule has 0 aromatic heterocycles. The highest BCUT2D eigenvalue weighted by Gasteiger charge is 2.17. The second-order valence-electron chi connectivity index (χ2n) is 8.19. The predicted molar refractivity (Wildman–Crippen MR) is 133 cm³/mol. The summed E-state index contributed by atoms with van der Waals surface area (Å²) >= 11 is 5.30. The number of methoxy groups -OCH3 is 1. The van der Waals surface area contributed by atoms with Gasteiger partial charge in [0, 0.05) is 31.5 Å². The van der Waals surface area contributed by atoms with Gasteiger partial charge in [0.25, 0.3) is 5.91 Å². The number of carbonyl (C=O) groups excluding carboxylic acids is 2. The molecule has 2 amide bonds. The van der Waals surface area contributed by atoms with Gasteiger partial charge in [-0.3, -0.25) is 9.59 Å². The summed E-state index contributed by atoms with van der Waals surface area (Å²) in [4.78, 5) is 24.9. The Labute approximate surface area is 196 Å². The van der Waals surface area contributed by atoms with Crippen LogP contribution in [-0.2, 0) is 16.0 Å². The van der Waals surface area contributed by atoms with Crippen molar-refractivity contribution < 1.29 is 14.3 Å². The van der Waals surface area contributed by atoms with E-state index in [1.807, 2.05) is 19.1 Å². The van der Waals surface area contributed by atoms with Gasteiger partial charge >= 0.3 is 0 Å². The van der Waals surface area contributed by atoms with Crippen molar-refractivity contribution in [2.75, 3.05) is 25.6 Å². The molecule has 172 valence electrons. The number of ether oxygens (including phenoxy) is 1. The normalized spacial score (nSPS) is 11.7. The monoisotopic (exact) mass is 455 g/mol. The van der Waals surface area contributed by atoms with Gasteiger partial charge in [0.15, 0.2) is 5.11 Å². The van der Waals surface area contributed by atoms with E-state index < -0.39 is 0 Å². The van der Waals surface area contributed by atoms with Crippen molar-refractivity contribution in [1.82, 2.24) is 10.6 Å². The maximum Gasteiger partial charge on any atom is 0.251 e. The third-order valence-corrected chi connectivity index (χ3v) is 5.15. The number of amides is 2. The molecular weight excluding hydrogens is 422 g/mol. The molecule has 0 aliphatic rings. The van der Waals surface area contributed by atoms with Crippen molar-refractivity contribution >= 4 is 34.8 Å². The highest BCUT2D eigenvalue weighted by molar-refractivity contribution is 7.80. The van der Waals surface area contributed by atoms with Crippen molar-refractivity contribution in [2.24, 2.45) is 5.92 Å². The summed E-state index contributed by atoms with van der Waals surface area (Å²) in [5, 5.41) is 8.75. The molecule has 0 heterocycles. The van der Waals surface area contributed by atoms with Crippen molar-refractivity contribution in [3.05, 3.63) is 65.2 Å². The van der Waals surface area contributed by atoms with E-state index in [-0.39, 0.29) is 22.8 Å². The molecule has 0 saturated heterocycles. The van der Waals surface area contributed by atoms with Gasteiger partial charge in [0.2, 0.25) is 5.91 Å². The Morgan fingerprint density at radius 1 is 1.06 bits per heavy atom. The van der Waals surface area contributed by atoms with Crippen LogP contribution in [0, 0.1) is 5.92 Å². The smallest absolute Gasteiger partial charge is 0.251 e. The number of thiocarbonyl (C=S) groups is 1. The van der Waals surface area contributed by atoms with Crippen molar-refractivity contribution in [1.29, 1.82) is 0 Å². The molecule has 1 atom stereocenters.